The Hall–Kier alpha value is -2.33. The van der Waals surface area contributed by atoms with Crippen LogP contribution in [0.3, 0.4) is 0 Å². The molecule has 10 heteroatoms. The number of benzene rings is 1. The number of aliphatic hydroxyl groups excluding tert-OH is 2. The average Bonchev–Trinajstić information content (AvgIpc) is 2.63. The first kappa shape index (κ1) is 20.0. The van der Waals surface area contributed by atoms with Crippen molar-refractivity contribution in [2.24, 2.45) is 0 Å². The lowest BCUT2D eigenvalue weighted by atomic mass is 10.2. The molecule has 0 spiro atoms. The van der Waals surface area contributed by atoms with Crippen molar-refractivity contribution in [3.8, 4) is 6.07 Å². The third-order valence-corrected chi connectivity index (χ3v) is 3.76. The molecule has 0 radical (unpaired) electrons. The monoisotopic (exact) mass is 472 g/mol. The molecule has 0 aliphatic carbocycles. The molecule has 8 nitrogen and oxygen atoms in total. The van der Waals surface area contributed by atoms with E-state index in [2.05, 4.69) is 15.8 Å². The van der Waals surface area contributed by atoms with Crippen molar-refractivity contribution in [3.05, 3.63) is 51.0 Å². The van der Waals surface area contributed by atoms with Crippen molar-refractivity contribution >= 4 is 40.0 Å². The van der Waals surface area contributed by atoms with Crippen LogP contribution in [-0.4, -0.2) is 40.4 Å². The molecule has 1 atom stereocenters. The summed E-state index contributed by atoms with van der Waals surface area (Å²) >= 11 is 1.96. The summed E-state index contributed by atoms with van der Waals surface area (Å²) < 4.78 is 14.7. The van der Waals surface area contributed by atoms with Crippen molar-refractivity contribution in [1.82, 2.24) is 10.5 Å². The normalized spacial score (nSPS) is 11.5. The number of carbonyl (C=O) groups is 1. The van der Waals surface area contributed by atoms with E-state index < -0.39 is 24.4 Å². The van der Waals surface area contributed by atoms with E-state index in [9.17, 15) is 14.3 Å². The van der Waals surface area contributed by atoms with E-state index in [0.717, 1.165) is 0 Å². The van der Waals surface area contributed by atoms with Gasteiger partial charge in [0.1, 0.15) is 36.1 Å². The standard InChI is InChI=1S/C16H14FIN4O4/c17-13-5-9(18)1-4-14(13)21-15-12(3-2-10(6-19)20-15)16(25)22-26-8-11(24)7-23/h1-5,11,23-24H,7-8H2,(H,20,21)(H,22,25)/t11-/m1/s1. The summed E-state index contributed by atoms with van der Waals surface area (Å²) in [5.41, 5.74) is 2.20. The summed E-state index contributed by atoms with van der Waals surface area (Å²) in [6.45, 7) is -0.840. The van der Waals surface area contributed by atoms with Gasteiger partial charge >= 0.3 is 0 Å². The van der Waals surface area contributed by atoms with Crippen LogP contribution in [0.5, 0.6) is 0 Å². The van der Waals surface area contributed by atoms with Gasteiger partial charge in [-0.05, 0) is 52.9 Å². The molecule has 0 saturated carbocycles. The second-order valence-corrected chi connectivity index (χ2v) is 6.28. The molecule has 0 fully saturated rings. The summed E-state index contributed by atoms with van der Waals surface area (Å²) in [7, 11) is 0. The van der Waals surface area contributed by atoms with Gasteiger partial charge in [0.2, 0.25) is 0 Å². The van der Waals surface area contributed by atoms with Crippen LogP contribution in [0, 0.1) is 20.7 Å². The van der Waals surface area contributed by atoms with E-state index in [1.807, 2.05) is 28.7 Å². The fourth-order valence-corrected chi connectivity index (χ4v) is 2.28. The molecule has 1 aromatic heterocycles. The van der Waals surface area contributed by atoms with Gasteiger partial charge in [0.05, 0.1) is 17.9 Å². The number of halogens is 2. The first-order valence-corrected chi connectivity index (χ1v) is 8.36. The van der Waals surface area contributed by atoms with Gasteiger partial charge in [0.25, 0.3) is 5.91 Å². The zero-order chi connectivity index (χ0) is 19.1. The minimum Gasteiger partial charge on any atom is -0.394 e. The SMILES string of the molecule is N#Cc1ccc(C(=O)NOC[C@H](O)CO)c(Nc2ccc(I)cc2F)n1. The van der Waals surface area contributed by atoms with Crippen molar-refractivity contribution in [2.45, 2.75) is 6.10 Å². The lowest BCUT2D eigenvalue weighted by Crippen LogP contribution is -2.30. The predicted molar refractivity (Wildman–Crippen MR) is 97.9 cm³/mol. The molecule has 2 aromatic rings. The second-order valence-electron chi connectivity index (χ2n) is 5.03. The summed E-state index contributed by atoms with van der Waals surface area (Å²) in [5.74, 6) is -1.30. The summed E-state index contributed by atoms with van der Waals surface area (Å²) in [6, 6.07) is 8.95. The summed E-state index contributed by atoms with van der Waals surface area (Å²) in [4.78, 5) is 21.0. The highest BCUT2D eigenvalue weighted by atomic mass is 127. The highest BCUT2D eigenvalue weighted by Gasteiger charge is 2.16. The fourth-order valence-electron chi connectivity index (χ4n) is 1.83. The fraction of sp³-hybridized carbons (Fsp3) is 0.188. The Bertz CT molecular complexity index is 843. The zero-order valence-corrected chi connectivity index (χ0v) is 15.4. The molecule has 0 aliphatic rings. The van der Waals surface area contributed by atoms with Crippen LogP contribution in [-0.2, 0) is 4.84 Å². The number of nitrogens with one attached hydrogen (secondary N) is 2. The van der Waals surface area contributed by atoms with E-state index in [1.54, 1.807) is 6.07 Å². The van der Waals surface area contributed by atoms with E-state index >= 15 is 0 Å². The Balaban J connectivity index is 2.23. The Morgan fingerprint density at radius 2 is 2.19 bits per heavy atom. The van der Waals surface area contributed by atoms with Gasteiger partial charge in [-0.25, -0.2) is 14.9 Å². The maximum absolute atomic E-state index is 14.0. The molecule has 0 bridgehead atoms. The number of hydrogen-bond donors (Lipinski definition) is 4. The second kappa shape index (κ2) is 9.39. The Labute approximate surface area is 161 Å². The van der Waals surface area contributed by atoms with Crippen LogP contribution in [0.2, 0.25) is 0 Å². The summed E-state index contributed by atoms with van der Waals surface area (Å²) in [5, 5.41) is 29.6. The molecule has 0 saturated heterocycles. The van der Waals surface area contributed by atoms with Crippen LogP contribution in [0.15, 0.2) is 30.3 Å². The number of hydroxylamine groups is 1. The average molecular weight is 472 g/mol. The third-order valence-electron chi connectivity index (χ3n) is 3.09. The minimum absolute atomic E-state index is 0.000406. The molecule has 1 aromatic carbocycles. The summed E-state index contributed by atoms with van der Waals surface area (Å²) in [6.07, 6.45) is -1.15. The van der Waals surface area contributed by atoms with E-state index in [4.69, 9.17) is 15.2 Å². The van der Waals surface area contributed by atoms with Crippen molar-refractivity contribution in [1.29, 1.82) is 5.26 Å². The highest BCUT2D eigenvalue weighted by molar-refractivity contribution is 14.1. The number of nitrogens with zero attached hydrogens (tertiary/aromatic N) is 2. The molecule has 0 unspecified atom stereocenters. The number of aliphatic hydroxyl groups is 2. The molecule has 1 heterocycles. The van der Waals surface area contributed by atoms with Gasteiger partial charge in [-0.15, -0.1) is 0 Å². The van der Waals surface area contributed by atoms with Gasteiger partial charge in [0.15, 0.2) is 0 Å². The van der Waals surface area contributed by atoms with Crippen LogP contribution < -0.4 is 10.8 Å². The lowest BCUT2D eigenvalue weighted by Gasteiger charge is -2.13. The first-order valence-electron chi connectivity index (χ1n) is 7.29. The maximum Gasteiger partial charge on any atom is 0.278 e. The van der Waals surface area contributed by atoms with Gasteiger partial charge in [-0.3, -0.25) is 9.63 Å². The number of aromatic nitrogens is 1. The van der Waals surface area contributed by atoms with E-state index in [0.29, 0.717) is 3.57 Å². The lowest BCUT2D eigenvalue weighted by molar-refractivity contribution is -0.0295. The minimum atomic E-state index is -1.15. The van der Waals surface area contributed by atoms with Gasteiger partial charge in [-0.2, -0.15) is 5.26 Å². The number of nitriles is 1. The molecule has 136 valence electrons. The molecule has 2 rings (SSSR count). The van der Waals surface area contributed by atoms with E-state index in [-0.39, 0.29) is 29.4 Å². The van der Waals surface area contributed by atoms with Crippen LogP contribution >= 0.6 is 22.6 Å². The topological polar surface area (TPSA) is 128 Å². The van der Waals surface area contributed by atoms with Crippen LogP contribution in [0.25, 0.3) is 0 Å². The Kier molecular flexibility index (Phi) is 7.22. The molecular formula is C16H14FIN4O4. The molecule has 26 heavy (non-hydrogen) atoms. The maximum atomic E-state index is 14.0. The van der Waals surface area contributed by atoms with Gasteiger partial charge < -0.3 is 15.5 Å². The van der Waals surface area contributed by atoms with Gasteiger partial charge in [-0.1, -0.05) is 0 Å². The van der Waals surface area contributed by atoms with Crippen LogP contribution in [0.4, 0.5) is 15.9 Å². The number of pyridine rings is 1. The van der Waals surface area contributed by atoms with Gasteiger partial charge in [0, 0.05) is 3.57 Å². The highest BCUT2D eigenvalue weighted by Crippen LogP contribution is 2.23. The number of carbonyl (C=O) groups excluding carboxylic acids is 1. The zero-order valence-electron chi connectivity index (χ0n) is 13.2. The number of hydrogen-bond acceptors (Lipinski definition) is 7. The molecule has 1 amide bonds. The third kappa shape index (κ3) is 5.33. The number of anilines is 2. The molecular weight excluding hydrogens is 458 g/mol. The Morgan fingerprint density at radius 1 is 1.42 bits per heavy atom. The molecule has 0 aliphatic heterocycles. The molecule has 4 N–H and O–H groups in total. The van der Waals surface area contributed by atoms with Crippen molar-refractivity contribution in [2.75, 3.05) is 18.5 Å². The first-order chi connectivity index (χ1) is 12.4. The van der Waals surface area contributed by atoms with E-state index in [1.165, 1.54) is 24.3 Å². The van der Waals surface area contributed by atoms with Crippen molar-refractivity contribution in [3.63, 3.8) is 0 Å². The number of rotatable bonds is 7. The van der Waals surface area contributed by atoms with Crippen molar-refractivity contribution < 1.29 is 24.2 Å². The largest absolute Gasteiger partial charge is 0.394 e. The smallest absolute Gasteiger partial charge is 0.278 e. The van der Waals surface area contributed by atoms with Crippen LogP contribution in [0.1, 0.15) is 16.1 Å². The predicted octanol–water partition coefficient (Wildman–Crippen LogP) is 1.46. The quantitative estimate of drug-likeness (QED) is 0.355. The Morgan fingerprint density at radius 3 is 2.85 bits per heavy atom. The number of amides is 1.